The normalized spacial score (nSPS) is 12.6. The van der Waals surface area contributed by atoms with Crippen molar-refractivity contribution in [1.82, 2.24) is 14.6 Å². The molecule has 0 saturated heterocycles. The van der Waals surface area contributed by atoms with Gasteiger partial charge in [-0.05, 0) is 41.3 Å². The first kappa shape index (κ1) is 15.3. The molecule has 0 unspecified atom stereocenters. The van der Waals surface area contributed by atoms with Gasteiger partial charge in [0.15, 0.2) is 5.82 Å². The molecular formula is C17H10ClN3OS2. The lowest BCUT2D eigenvalue weighted by atomic mass is 10.2. The van der Waals surface area contributed by atoms with Crippen LogP contribution in [0.15, 0.2) is 46.6 Å². The van der Waals surface area contributed by atoms with E-state index in [-0.39, 0.29) is 5.56 Å². The molecule has 0 N–H and O–H groups in total. The summed E-state index contributed by atoms with van der Waals surface area (Å²) in [6.07, 6.45) is 5.54. The van der Waals surface area contributed by atoms with Crippen LogP contribution in [-0.4, -0.2) is 14.6 Å². The minimum Gasteiger partial charge on any atom is -0.266 e. The van der Waals surface area contributed by atoms with Gasteiger partial charge in [-0.25, -0.2) is 0 Å². The van der Waals surface area contributed by atoms with E-state index < -0.39 is 0 Å². The van der Waals surface area contributed by atoms with Gasteiger partial charge in [-0.1, -0.05) is 47.2 Å². The Kier molecular flexibility index (Phi) is 4.02. The number of halogens is 1. The Hall–Kier alpha value is -2.28. The van der Waals surface area contributed by atoms with Crippen LogP contribution in [0, 0.1) is 0 Å². The van der Waals surface area contributed by atoms with Crippen LogP contribution in [0.3, 0.4) is 0 Å². The molecule has 7 heteroatoms. The molecule has 0 aliphatic rings. The molecular weight excluding hydrogens is 362 g/mol. The van der Waals surface area contributed by atoms with E-state index in [0.717, 1.165) is 10.4 Å². The molecule has 1 aromatic carbocycles. The molecule has 4 nitrogen and oxygen atoms in total. The molecule has 4 aromatic rings. The average molecular weight is 372 g/mol. The summed E-state index contributed by atoms with van der Waals surface area (Å²) in [4.78, 5) is 18.4. The smallest absolute Gasteiger partial charge is 0.266 e. The van der Waals surface area contributed by atoms with Crippen molar-refractivity contribution < 1.29 is 0 Å². The molecule has 118 valence electrons. The molecule has 24 heavy (non-hydrogen) atoms. The quantitative estimate of drug-likeness (QED) is 0.553. The number of hydrogen-bond acceptors (Lipinski definition) is 5. The predicted octanol–water partition coefficient (Wildman–Crippen LogP) is 3.58. The van der Waals surface area contributed by atoms with Gasteiger partial charge in [0.2, 0.25) is 4.96 Å². The molecule has 0 aliphatic heterocycles. The van der Waals surface area contributed by atoms with Crippen LogP contribution >= 0.6 is 34.3 Å². The number of rotatable bonds is 3. The third-order valence-electron chi connectivity index (χ3n) is 3.31. The van der Waals surface area contributed by atoms with E-state index in [9.17, 15) is 4.79 Å². The zero-order valence-corrected chi connectivity index (χ0v) is 14.6. The SMILES string of the molecule is O=c1/c(=C\c2cccs2)sc2nc(/C=C/c3ccc(Cl)cc3)nn12. The fourth-order valence-electron chi connectivity index (χ4n) is 2.17. The van der Waals surface area contributed by atoms with E-state index in [1.54, 1.807) is 17.4 Å². The maximum absolute atomic E-state index is 12.4. The first-order valence-electron chi connectivity index (χ1n) is 7.07. The Labute approximate surface area is 150 Å². The number of nitrogens with zero attached hydrogens (tertiary/aromatic N) is 3. The molecule has 0 atom stereocenters. The average Bonchev–Trinajstić information content (AvgIpc) is 3.28. The molecule has 0 aliphatic carbocycles. The Morgan fingerprint density at radius 2 is 1.96 bits per heavy atom. The van der Waals surface area contributed by atoms with Gasteiger partial charge >= 0.3 is 0 Å². The summed E-state index contributed by atoms with van der Waals surface area (Å²) in [5.41, 5.74) is 0.855. The minimum absolute atomic E-state index is 0.137. The molecule has 0 fully saturated rings. The zero-order chi connectivity index (χ0) is 16.5. The van der Waals surface area contributed by atoms with E-state index in [1.165, 1.54) is 15.9 Å². The van der Waals surface area contributed by atoms with Crippen LogP contribution in [0.1, 0.15) is 16.3 Å². The largest absolute Gasteiger partial charge is 0.291 e. The van der Waals surface area contributed by atoms with Crippen LogP contribution < -0.4 is 10.1 Å². The minimum atomic E-state index is -0.137. The van der Waals surface area contributed by atoms with Gasteiger partial charge in [-0.2, -0.15) is 9.50 Å². The van der Waals surface area contributed by atoms with Crippen molar-refractivity contribution >= 4 is 57.5 Å². The highest BCUT2D eigenvalue weighted by molar-refractivity contribution is 7.15. The Bertz CT molecular complexity index is 1130. The lowest BCUT2D eigenvalue weighted by molar-refractivity contribution is 0.925. The molecule has 0 amide bonds. The second-order valence-electron chi connectivity index (χ2n) is 4.98. The summed E-state index contributed by atoms with van der Waals surface area (Å²) in [6.45, 7) is 0. The molecule has 3 heterocycles. The van der Waals surface area contributed by atoms with Crippen LogP contribution in [0.2, 0.25) is 5.02 Å². The monoisotopic (exact) mass is 371 g/mol. The van der Waals surface area contributed by atoms with Crippen LogP contribution in [0.4, 0.5) is 0 Å². The highest BCUT2D eigenvalue weighted by Gasteiger charge is 2.08. The van der Waals surface area contributed by atoms with Crippen LogP contribution in [-0.2, 0) is 0 Å². The summed E-state index contributed by atoms with van der Waals surface area (Å²) >= 11 is 8.80. The molecule has 3 aromatic heterocycles. The van der Waals surface area contributed by atoms with Crippen LogP contribution in [0.5, 0.6) is 0 Å². The Morgan fingerprint density at radius 3 is 2.67 bits per heavy atom. The maximum Gasteiger partial charge on any atom is 0.291 e. The molecule has 0 radical (unpaired) electrons. The third-order valence-corrected chi connectivity index (χ3v) is 5.34. The number of thiazole rings is 1. The number of fused-ring (bicyclic) bond motifs is 1. The predicted molar refractivity (Wildman–Crippen MR) is 101 cm³/mol. The molecule has 4 rings (SSSR count). The summed E-state index contributed by atoms with van der Waals surface area (Å²) in [6, 6.07) is 11.4. The van der Waals surface area contributed by atoms with Gasteiger partial charge in [0.25, 0.3) is 5.56 Å². The van der Waals surface area contributed by atoms with E-state index in [0.29, 0.717) is 20.3 Å². The summed E-state index contributed by atoms with van der Waals surface area (Å²) in [5.74, 6) is 0.510. The highest BCUT2D eigenvalue weighted by atomic mass is 35.5. The highest BCUT2D eigenvalue weighted by Crippen LogP contribution is 2.13. The number of benzene rings is 1. The summed E-state index contributed by atoms with van der Waals surface area (Å²) < 4.78 is 1.99. The molecule has 0 bridgehead atoms. The van der Waals surface area contributed by atoms with E-state index in [4.69, 9.17) is 11.6 Å². The summed E-state index contributed by atoms with van der Waals surface area (Å²) in [7, 11) is 0. The van der Waals surface area contributed by atoms with Gasteiger partial charge in [0, 0.05) is 9.90 Å². The van der Waals surface area contributed by atoms with Crippen molar-refractivity contribution in [3.05, 3.63) is 78.0 Å². The number of hydrogen-bond donors (Lipinski definition) is 0. The Balaban J connectivity index is 1.67. The van der Waals surface area contributed by atoms with Gasteiger partial charge in [-0.15, -0.1) is 16.4 Å². The van der Waals surface area contributed by atoms with Crippen molar-refractivity contribution in [1.29, 1.82) is 0 Å². The molecule has 0 saturated carbocycles. The lowest BCUT2D eigenvalue weighted by Gasteiger charge is -1.91. The van der Waals surface area contributed by atoms with Crippen molar-refractivity contribution in [2.75, 3.05) is 0 Å². The lowest BCUT2D eigenvalue weighted by Crippen LogP contribution is -2.23. The number of aromatic nitrogens is 3. The Morgan fingerprint density at radius 1 is 1.12 bits per heavy atom. The second kappa shape index (κ2) is 6.32. The fourth-order valence-corrected chi connectivity index (χ4v) is 3.93. The first-order chi connectivity index (χ1) is 11.7. The topological polar surface area (TPSA) is 47.3 Å². The van der Waals surface area contributed by atoms with Crippen molar-refractivity contribution in [3.8, 4) is 0 Å². The fraction of sp³-hybridized carbons (Fsp3) is 0. The van der Waals surface area contributed by atoms with E-state index in [1.807, 2.05) is 53.9 Å². The van der Waals surface area contributed by atoms with Gasteiger partial charge in [-0.3, -0.25) is 4.79 Å². The maximum atomic E-state index is 12.4. The van der Waals surface area contributed by atoms with Crippen molar-refractivity contribution in [3.63, 3.8) is 0 Å². The van der Waals surface area contributed by atoms with Crippen molar-refractivity contribution in [2.45, 2.75) is 0 Å². The third kappa shape index (κ3) is 3.03. The summed E-state index contributed by atoms with van der Waals surface area (Å²) in [5, 5.41) is 6.94. The standard InChI is InChI=1S/C17H10ClN3OS2/c18-12-6-3-11(4-7-12)5-8-15-19-17-21(20-15)16(22)14(24-17)10-13-2-1-9-23-13/h1-10H/b8-5+,14-10+. The van der Waals surface area contributed by atoms with E-state index in [2.05, 4.69) is 10.1 Å². The van der Waals surface area contributed by atoms with Gasteiger partial charge in [0.1, 0.15) is 0 Å². The van der Waals surface area contributed by atoms with Crippen LogP contribution in [0.25, 0.3) is 23.2 Å². The zero-order valence-electron chi connectivity index (χ0n) is 12.2. The first-order valence-corrected chi connectivity index (χ1v) is 9.15. The van der Waals surface area contributed by atoms with Gasteiger partial charge < -0.3 is 0 Å². The second-order valence-corrected chi connectivity index (χ2v) is 7.41. The van der Waals surface area contributed by atoms with Crippen molar-refractivity contribution in [2.24, 2.45) is 0 Å². The number of thiophene rings is 1. The van der Waals surface area contributed by atoms with E-state index >= 15 is 0 Å². The van der Waals surface area contributed by atoms with Gasteiger partial charge in [0.05, 0.1) is 4.53 Å². The molecule has 0 spiro atoms.